The molecule has 0 spiro atoms. The monoisotopic (exact) mass is 245 g/mol. The van der Waals surface area contributed by atoms with Crippen molar-refractivity contribution in [3.05, 3.63) is 5.57 Å². The van der Waals surface area contributed by atoms with Crippen molar-refractivity contribution in [2.24, 2.45) is 5.73 Å². The number of carbonyl (C=O) groups excluding carboxylic acids is 1. The molecule has 1 aliphatic carbocycles. The molecule has 1 fully saturated rings. The molecule has 5 nitrogen and oxygen atoms in total. The van der Waals surface area contributed by atoms with Crippen LogP contribution in [0.5, 0.6) is 0 Å². The van der Waals surface area contributed by atoms with Crippen LogP contribution in [0.25, 0.3) is 0 Å². The summed E-state index contributed by atoms with van der Waals surface area (Å²) in [4.78, 5) is 22.0. The van der Waals surface area contributed by atoms with Gasteiger partial charge in [0.2, 0.25) is 0 Å². The zero-order valence-electron chi connectivity index (χ0n) is 9.66. The van der Waals surface area contributed by atoms with Gasteiger partial charge in [0, 0.05) is 6.61 Å². The Morgan fingerprint density at radius 1 is 1.59 bits per heavy atom. The van der Waals surface area contributed by atoms with Crippen LogP contribution in [0.2, 0.25) is 0 Å². The Labute approximate surface area is 98.4 Å². The number of rotatable bonds is 5. The molecule has 1 saturated carbocycles. The summed E-state index contributed by atoms with van der Waals surface area (Å²) in [5.41, 5.74) is 0.437. The second kappa shape index (κ2) is 4.96. The number of carbonyl (C=O) groups is 1. The SMILES string of the molecule is CCOC(N)(C(=O)O)C(=C=O)C1(F)CCCC1. The predicted octanol–water partition coefficient (Wildman–Crippen LogP) is 0.803. The third-order valence-electron chi connectivity index (χ3n) is 3.01. The van der Waals surface area contributed by atoms with Crippen LogP contribution in [-0.2, 0) is 14.3 Å². The fourth-order valence-corrected chi connectivity index (χ4v) is 2.15. The van der Waals surface area contributed by atoms with Gasteiger partial charge in [0.15, 0.2) is 0 Å². The van der Waals surface area contributed by atoms with E-state index < -0.39 is 22.9 Å². The number of hydrogen-bond acceptors (Lipinski definition) is 4. The minimum absolute atomic E-state index is 0.0376. The predicted molar refractivity (Wildman–Crippen MR) is 57.7 cm³/mol. The molecule has 0 aromatic heterocycles. The lowest BCUT2D eigenvalue weighted by molar-refractivity contribution is -0.161. The highest BCUT2D eigenvalue weighted by Gasteiger charge is 2.53. The van der Waals surface area contributed by atoms with E-state index in [-0.39, 0.29) is 19.4 Å². The Kier molecular flexibility index (Phi) is 4.03. The number of alkyl halides is 1. The maximum Gasteiger partial charge on any atom is 0.356 e. The van der Waals surface area contributed by atoms with E-state index in [4.69, 9.17) is 15.6 Å². The van der Waals surface area contributed by atoms with Crippen LogP contribution >= 0.6 is 0 Å². The summed E-state index contributed by atoms with van der Waals surface area (Å²) in [6, 6.07) is 0. The van der Waals surface area contributed by atoms with E-state index in [1.807, 2.05) is 0 Å². The Hall–Kier alpha value is -1.23. The molecule has 1 rings (SSSR count). The van der Waals surface area contributed by atoms with E-state index in [0.29, 0.717) is 12.8 Å². The van der Waals surface area contributed by atoms with Gasteiger partial charge in [0.1, 0.15) is 17.2 Å². The Balaban J connectivity index is 3.15. The average molecular weight is 245 g/mol. The largest absolute Gasteiger partial charge is 0.478 e. The van der Waals surface area contributed by atoms with Crippen LogP contribution in [0.4, 0.5) is 4.39 Å². The summed E-state index contributed by atoms with van der Waals surface area (Å²) in [6.45, 7) is 1.48. The summed E-state index contributed by atoms with van der Waals surface area (Å²) >= 11 is 0. The van der Waals surface area contributed by atoms with Crippen LogP contribution in [-0.4, -0.2) is 35.0 Å². The van der Waals surface area contributed by atoms with E-state index in [1.54, 1.807) is 0 Å². The van der Waals surface area contributed by atoms with Crippen molar-refractivity contribution < 1.29 is 23.8 Å². The molecule has 96 valence electrons. The van der Waals surface area contributed by atoms with Crippen LogP contribution < -0.4 is 5.73 Å². The van der Waals surface area contributed by atoms with E-state index in [1.165, 1.54) is 12.9 Å². The molecule has 1 aliphatic rings. The fourth-order valence-electron chi connectivity index (χ4n) is 2.15. The Morgan fingerprint density at radius 2 is 2.12 bits per heavy atom. The lowest BCUT2D eigenvalue weighted by atomic mass is 9.87. The average Bonchev–Trinajstić information content (AvgIpc) is 2.66. The standard InChI is InChI=1S/C11H16FNO4/c1-2-17-11(13,9(15)16)8(7-14)10(12)5-3-4-6-10/h2-6,13H2,1H3,(H,15,16). The zero-order valence-corrected chi connectivity index (χ0v) is 9.66. The van der Waals surface area contributed by atoms with Gasteiger partial charge in [0.25, 0.3) is 5.72 Å². The number of hydrogen-bond donors (Lipinski definition) is 2. The minimum Gasteiger partial charge on any atom is -0.478 e. The number of aliphatic carboxylic acids is 1. The summed E-state index contributed by atoms with van der Waals surface area (Å²) in [5.74, 6) is -0.230. The zero-order chi connectivity index (χ0) is 13.1. The van der Waals surface area contributed by atoms with E-state index in [2.05, 4.69) is 0 Å². The normalized spacial score (nSPS) is 21.6. The molecule has 0 amide bonds. The van der Waals surface area contributed by atoms with Crippen molar-refractivity contribution in [2.45, 2.75) is 44.0 Å². The molecule has 17 heavy (non-hydrogen) atoms. The maximum atomic E-state index is 14.4. The van der Waals surface area contributed by atoms with E-state index >= 15 is 0 Å². The van der Waals surface area contributed by atoms with Gasteiger partial charge in [-0.3, -0.25) is 5.73 Å². The lowest BCUT2D eigenvalue weighted by Crippen LogP contribution is -2.56. The molecule has 1 atom stereocenters. The Morgan fingerprint density at radius 3 is 2.47 bits per heavy atom. The van der Waals surface area contributed by atoms with Gasteiger partial charge >= 0.3 is 5.97 Å². The van der Waals surface area contributed by atoms with Gasteiger partial charge in [-0.15, -0.1) is 0 Å². The lowest BCUT2D eigenvalue weighted by Gasteiger charge is -2.31. The van der Waals surface area contributed by atoms with E-state index in [9.17, 15) is 14.0 Å². The van der Waals surface area contributed by atoms with Gasteiger partial charge in [-0.05, 0) is 32.6 Å². The van der Waals surface area contributed by atoms with Gasteiger partial charge in [-0.2, -0.15) is 0 Å². The molecule has 3 N–H and O–H groups in total. The van der Waals surface area contributed by atoms with Gasteiger partial charge < -0.3 is 9.84 Å². The number of ether oxygens (including phenoxy) is 1. The number of carboxylic acid groups (broad SMARTS) is 1. The first-order valence-electron chi connectivity index (χ1n) is 5.52. The molecular formula is C11H16FNO4. The molecule has 0 heterocycles. The van der Waals surface area contributed by atoms with Gasteiger partial charge in [-0.25, -0.2) is 14.0 Å². The van der Waals surface area contributed by atoms with Crippen molar-refractivity contribution in [1.82, 2.24) is 0 Å². The van der Waals surface area contributed by atoms with Crippen molar-refractivity contribution in [3.8, 4) is 0 Å². The van der Waals surface area contributed by atoms with Crippen LogP contribution in [0.3, 0.4) is 0 Å². The second-order valence-corrected chi connectivity index (χ2v) is 4.12. The van der Waals surface area contributed by atoms with Crippen molar-refractivity contribution >= 4 is 11.9 Å². The molecule has 0 aromatic carbocycles. The van der Waals surface area contributed by atoms with Crippen LogP contribution in [0.15, 0.2) is 5.57 Å². The van der Waals surface area contributed by atoms with Gasteiger partial charge in [0.05, 0.1) is 0 Å². The topological polar surface area (TPSA) is 89.6 Å². The summed E-state index contributed by atoms with van der Waals surface area (Å²) in [6.07, 6.45) is 1.33. The molecule has 6 heteroatoms. The third kappa shape index (κ3) is 2.39. The minimum atomic E-state index is -2.42. The summed E-state index contributed by atoms with van der Waals surface area (Å²) in [7, 11) is 0. The molecule has 0 saturated heterocycles. The summed E-state index contributed by atoms with van der Waals surface area (Å²) in [5, 5.41) is 9.02. The van der Waals surface area contributed by atoms with Crippen molar-refractivity contribution in [3.63, 3.8) is 0 Å². The summed E-state index contributed by atoms with van der Waals surface area (Å²) < 4.78 is 19.3. The Bertz CT molecular complexity index is 358. The second-order valence-electron chi connectivity index (χ2n) is 4.12. The van der Waals surface area contributed by atoms with E-state index in [0.717, 1.165) is 0 Å². The van der Waals surface area contributed by atoms with Crippen molar-refractivity contribution in [1.29, 1.82) is 0 Å². The number of halogens is 1. The highest BCUT2D eigenvalue weighted by molar-refractivity contribution is 5.85. The van der Waals surface area contributed by atoms with Crippen LogP contribution in [0.1, 0.15) is 32.6 Å². The molecule has 0 aromatic rings. The molecular weight excluding hydrogens is 229 g/mol. The van der Waals surface area contributed by atoms with Gasteiger partial charge in [-0.1, -0.05) is 0 Å². The maximum absolute atomic E-state index is 14.4. The quantitative estimate of drug-likeness (QED) is 0.552. The highest BCUT2D eigenvalue weighted by Crippen LogP contribution is 2.42. The first-order chi connectivity index (χ1) is 7.90. The molecule has 0 aliphatic heterocycles. The number of nitrogens with two attached hydrogens (primary N) is 1. The first-order valence-corrected chi connectivity index (χ1v) is 5.52. The number of carboxylic acids is 1. The van der Waals surface area contributed by atoms with Crippen molar-refractivity contribution in [2.75, 3.05) is 6.61 Å². The molecule has 0 bridgehead atoms. The smallest absolute Gasteiger partial charge is 0.356 e. The fraction of sp³-hybridized carbons (Fsp3) is 0.727. The first kappa shape index (κ1) is 13.8. The third-order valence-corrected chi connectivity index (χ3v) is 3.01. The molecule has 1 unspecified atom stereocenters. The highest BCUT2D eigenvalue weighted by atomic mass is 19.1. The molecule has 0 radical (unpaired) electrons. The van der Waals surface area contributed by atoms with Crippen LogP contribution in [0, 0.1) is 0 Å².